The van der Waals surface area contributed by atoms with Gasteiger partial charge in [0.05, 0.1) is 6.04 Å². The molecular weight excluding hydrogens is 394 g/mol. The number of aromatic nitrogens is 1. The first-order valence-corrected chi connectivity index (χ1v) is 9.33. The molecule has 1 aromatic heterocycles. The van der Waals surface area contributed by atoms with Crippen LogP contribution in [0.2, 0.25) is 0 Å². The molecule has 1 amide bonds. The largest absolute Gasteiger partial charge is 0.480 e. The van der Waals surface area contributed by atoms with Crippen LogP contribution in [0.4, 0.5) is 0 Å². The average molecular weight is 415 g/mol. The zero-order valence-electron chi connectivity index (χ0n) is 15.4. The van der Waals surface area contributed by atoms with Crippen LogP contribution in [0, 0.1) is 0 Å². The Bertz CT molecular complexity index is 941. The third-order valence-corrected chi connectivity index (χ3v) is 4.44. The standard InChI is InChI=1S/C14H17N3O3S.C6H4O2/c15-10(13(18)17-12(7-21)14(19)20)5-8-6-16-11-4-2-1-3-9(8)11;7-5-1-2-6(8)4-3-5/h1-4,6,10,12,16,21H,5,7,15H2,(H,17,18)(H,19,20);1-4H/t10-,12-;/m0./s1. The van der Waals surface area contributed by atoms with E-state index in [0.29, 0.717) is 6.42 Å². The highest BCUT2D eigenvalue weighted by Gasteiger charge is 2.22. The van der Waals surface area contributed by atoms with Gasteiger partial charge in [-0.2, -0.15) is 12.6 Å². The summed E-state index contributed by atoms with van der Waals surface area (Å²) in [6.07, 6.45) is 7.15. The highest BCUT2D eigenvalue weighted by molar-refractivity contribution is 7.80. The van der Waals surface area contributed by atoms with E-state index in [-0.39, 0.29) is 17.3 Å². The van der Waals surface area contributed by atoms with E-state index in [9.17, 15) is 19.2 Å². The number of hydrogen-bond donors (Lipinski definition) is 5. The van der Waals surface area contributed by atoms with Gasteiger partial charge in [0.25, 0.3) is 0 Å². The molecule has 1 aliphatic rings. The van der Waals surface area contributed by atoms with Crippen molar-refractivity contribution in [1.82, 2.24) is 10.3 Å². The average Bonchev–Trinajstić information content (AvgIpc) is 3.11. The molecule has 0 bridgehead atoms. The summed E-state index contributed by atoms with van der Waals surface area (Å²) in [7, 11) is 0. The second kappa shape index (κ2) is 10.4. The van der Waals surface area contributed by atoms with Crippen LogP contribution in [-0.4, -0.2) is 51.4 Å². The van der Waals surface area contributed by atoms with Crippen molar-refractivity contribution in [2.45, 2.75) is 18.5 Å². The zero-order valence-corrected chi connectivity index (χ0v) is 16.3. The molecule has 2 atom stereocenters. The van der Waals surface area contributed by atoms with Gasteiger partial charge >= 0.3 is 5.97 Å². The van der Waals surface area contributed by atoms with Gasteiger partial charge in [-0.3, -0.25) is 14.4 Å². The predicted molar refractivity (Wildman–Crippen MR) is 112 cm³/mol. The van der Waals surface area contributed by atoms with Crippen LogP contribution >= 0.6 is 12.6 Å². The van der Waals surface area contributed by atoms with Gasteiger partial charge in [-0.1, -0.05) is 18.2 Å². The fraction of sp³-hybridized carbons (Fsp3) is 0.200. The van der Waals surface area contributed by atoms with E-state index in [1.54, 1.807) is 0 Å². The normalized spacial score (nSPS) is 14.8. The lowest BCUT2D eigenvalue weighted by molar-refractivity contribution is -0.141. The summed E-state index contributed by atoms with van der Waals surface area (Å²) in [5.41, 5.74) is 7.75. The fourth-order valence-electron chi connectivity index (χ4n) is 2.53. The van der Waals surface area contributed by atoms with E-state index >= 15 is 0 Å². The van der Waals surface area contributed by atoms with Crippen molar-refractivity contribution >= 4 is 47.0 Å². The predicted octanol–water partition coefficient (Wildman–Crippen LogP) is 0.787. The summed E-state index contributed by atoms with van der Waals surface area (Å²) in [4.78, 5) is 46.5. The number of aromatic amines is 1. The van der Waals surface area contributed by atoms with Gasteiger partial charge in [0.2, 0.25) is 5.91 Å². The van der Waals surface area contributed by atoms with Crippen molar-refractivity contribution in [3.8, 4) is 0 Å². The first-order chi connectivity index (χ1) is 13.8. The molecule has 0 spiro atoms. The van der Waals surface area contributed by atoms with Crippen LogP contribution in [-0.2, 0) is 25.6 Å². The number of thiol groups is 1. The van der Waals surface area contributed by atoms with Crippen LogP contribution in [0.1, 0.15) is 5.56 Å². The summed E-state index contributed by atoms with van der Waals surface area (Å²) in [6, 6.07) is 5.86. The second-order valence-electron chi connectivity index (χ2n) is 6.22. The summed E-state index contributed by atoms with van der Waals surface area (Å²) in [6.45, 7) is 0. The fourth-order valence-corrected chi connectivity index (χ4v) is 2.78. The minimum Gasteiger partial charge on any atom is -0.480 e. The van der Waals surface area contributed by atoms with Crippen LogP contribution in [0.3, 0.4) is 0 Å². The van der Waals surface area contributed by atoms with Gasteiger partial charge < -0.3 is 21.1 Å². The molecule has 152 valence electrons. The molecule has 29 heavy (non-hydrogen) atoms. The number of carbonyl (C=O) groups is 4. The van der Waals surface area contributed by atoms with Crippen molar-refractivity contribution in [1.29, 1.82) is 0 Å². The van der Waals surface area contributed by atoms with Crippen molar-refractivity contribution in [2.24, 2.45) is 5.73 Å². The first kappa shape index (κ1) is 22.1. The maximum Gasteiger partial charge on any atom is 0.327 e. The third kappa shape index (κ3) is 6.44. The molecule has 1 aliphatic carbocycles. The van der Waals surface area contributed by atoms with Gasteiger partial charge in [-0.15, -0.1) is 0 Å². The highest BCUT2D eigenvalue weighted by Crippen LogP contribution is 2.18. The molecule has 8 nitrogen and oxygen atoms in total. The summed E-state index contributed by atoms with van der Waals surface area (Å²) in [5.74, 6) is -1.85. The number of benzene rings is 1. The number of carbonyl (C=O) groups excluding carboxylic acids is 3. The Balaban J connectivity index is 0.000000313. The Labute approximate surface area is 172 Å². The quantitative estimate of drug-likeness (QED) is 0.349. The molecule has 0 saturated carbocycles. The number of carboxylic acid groups (broad SMARTS) is 1. The van der Waals surface area contributed by atoms with Crippen molar-refractivity contribution in [2.75, 3.05) is 5.75 Å². The molecule has 0 unspecified atom stereocenters. The number of nitrogens with two attached hydrogens (primary N) is 1. The number of allylic oxidation sites excluding steroid dienone is 4. The molecule has 0 radical (unpaired) electrons. The molecule has 1 aromatic carbocycles. The number of H-pyrrole nitrogens is 1. The van der Waals surface area contributed by atoms with E-state index in [1.807, 2.05) is 30.5 Å². The first-order valence-electron chi connectivity index (χ1n) is 8.70. The summed E-state index contributed by atoms with van der Waals surface area (Å²) >= 11 is 3.89. The van der Waals surface area contributed by atoms with Crippen molar-refractivity contribution < 1.29 is 24.3 Å². The Hall–Kier alpha value is -3.17. The lowest BCUT2D eigenvalue weighted by atomic mass is 10.0. The van der Waals surface area contributed by atoms with Crippen molar-refractivity contribution in [3.05, 3.63) is 60.3 Å². The number of fused-ring (bicyclic) bond motifs is 1. The maximum absolute atomic E-state index is 11.9. The summed E-state index contributed by atoms with van der Waals surface area (Å²) in [5, 5.41) is 12.3. The minimum atomic E-state index is -1.13. The van der Waals surface area contributed by atoms with Crippen LogP contribution in [0.25, 0.3) is 10.9 Å². The molecule has 1 heterocycles. The van der Waals surface area contributed by atoms with Crippen LogP contribution < -0.4 is 11.1 Å². The molecule has 3 rings (SSSR count). The number of ketones is 2. The Morgan fingerprint density at radius 1 is 1.10 bits per heavy atom. The van der Waals surface area contributed by atoms with Crippen LogP contribution in [0.15, 0.2) is 54.8 Å². The van der Waals surface area contributed by atoms with Crippen molar-refractivity contribution in [3.63, 3.8) is 0 Å². The lowest BCUT2D eigenvalue weighted by Gasteiger charge is -2.16. The molecule has 0 saturated heterocycles. The number of para-hydroxylation sites is 1. The Morgan fingerprint density at radius 2 is 1.69 bits per heavy atom. The van der Waals surface area contributed by atoms with Crippen LogP contribution in [0.5, 0.6) is 0 Å². The maximum atomic E-state index is 11.9. The summed E-state index contributed by atoms with van der Waals surface area (Å²) < 4.78 is 0. The van der Waals surface area contributed by atoms with Gasteiger partial charge in [-0.25, -0.2) is 4.79 Å². The molecule has 0 fully saturated rings. The topological polar surface area (TPSA) is 142 Å². The highest BCUT2D eigenvalue weighted by atomic mass is 32.1. The Kier molecular flexibility index (Phi) is 7.93. The smallest absolute Gasteiger partial charge is 0.327 e. The lowest BCUT2D eigenvalue weighted by Crippen LogP contribution is -2.50. The van der Waals surface area contributed by atoms with Gasteiger partial charge in [-0.05, 0) is 42.4 Å². The second-order valence-corrected chi connectivity index (χ2v) is 6.59. The van der Waals surface area contributed by atoms with E-state index in [1.165, 1.54) is 24.3 Å². The zero-order chi connectivity index (χ0) is 21.4. The third-order valence-electron chi connectivity index (χ3n) is 4.07. The Morgan fingerprint density at radius 3 is 2.24 bits per heavy atom. The van der Waals surface area contributed by atoms with Gasteiger partial charge in [0.15, 0.2) is 11.6 Å². The van der Waals surface area contributed by atoms with E-state index in [2.05, 4.69) is 22.9 Å². The molecular formula is C20H21N3O5S. The molecule has 0 aliphatic heterocycles. The van der Waals surface area contributed by atoms with Gasteiger partial charge in [0, 0.05) is 22.9 Å². The number of aliphatic carboxylic acids is 1. The number of amides is 1. The minimum absolute atomic E-state index is 0.0148. The SMILES string of the molecule is N[C@@H](Cc1c[nH]c2ccccc12)C(=O)N[C@@H](CS)C(=O)O.O=C1C=CC(=O)C=C1. The molecule has 2 aromatic rings. The number of nitrogens with one attached hydrogen (secondary N) is 2. The number of hydrogen-bond acceptors (Lipinski definition) is 6. The van der Waals surface area contributed by atoms with E-state index < -0.39 is 24.0 Å². The van der Waals surface area contributed by atoms with Gasteiger partial charge in [0.1, 0.15) is 6.04 Å². The monoisotopic (exact) mass is 415 g/mol. The number of carboxylic acids is 1. The molecule has 5 N–H and O–H groups in total. The van der Waals surface area contributed by atoms with E-state index in [0.717, 1.165) is 16.5 Å². The molecule has 9 heteroatoms. The number of rotatable bonds is 6. The van der Waals surface area contributed by atoms with E-state index in [4.69, 9.17) is 10.8 Å².